The Bertz CT molecular complexity index is 420. The summed E-state index contributed by atoms with van der Waals surface area (Å²) in [5, 5.41) is 0. The van der Waals surface area contributed by atoms with Crippen molar-refractivity contribution in [1.29, 1.82) is 0 Å². The number of fused-ring (bicyclic) bond motifs is 1. The average molecular weight is 186 g/mol. The van der Waals surface area contributed by atoms with E-state index in [1.165, 1.54) is 0 Å². The Balaban J connectivity index is 2.05. The topological polar surface area (TPSA) is 26.3 Å². The standard InChI is InChI=1S/C12H10O2/c13-12-10-7-2-1-6-9(10)11(14-12)8-4-3-5-8/h1-4,6-8,11H,5H2. The molecule has 2 atom stereocenters. The molecule has 14 heavy (non-hydrogen) atoms. The van der Waals surface area contributed by atoms with Gasteiger partial charge in [0.25, 0.3) is 0 Å². The van der Waals surface area contributed by atoms with Gasteiger partial charge in [-0.25, -0.2) is 4.79 Å². The normalized spacial score (nSPS) is 28.1. The first-order chi connectivity index (χ1) is 6.86. The Morgan fingerprint density at radius 3 is 2.79 bits per heavy atom. The van der Waals surface area contributed by atoms with Crippen LogP contribution in [0, 0.1) is 5.92 Å². The van der Waals surface area contributed by atoms with Gasteiger partial charge in [-0.1, -0.05) is 30.4 Å². The molecule has 1 heterocycles. The number of hydrogen-bond acceptors (Lipinski definition) is 2. The minimum absolute atomic E-state index is 0.0382. The van der Waals surface area contributed by atoms with Crippen LogP contribution in [-0.2, 0) is 4.74 Å². The zero-order valence-electron chi connectivity index (χ0n) is 7.64. The molecule has 0 bridgehead atoms. The molecule has 0 amide bonds. The maximum Gasteiger partial charge on any atom is 0.339 e. The number of benzene rings is 1. The van der Waals surface area contributed by atoms with Crippen LogP contribution in [0.3, 0.4) is 0 Å². The van der Waals surface area contributed by atoms with Gasteiger partial charge in [0.05, 0.1) is 5.56 Å². The molecular weight excluding hydrogens is 176 g/mol. The van der Waals surface area contributed by atoms with E-state index in [-0.39, 0.29) is 12.1 Å². The van der Waals surface area contributed by atoms with Gasteiger partial charge in [-0.05, 0) is 12.5 Å². The second-order valence-corrected chi connectivity index (χ2v) is 3.74. The summed E-state index contributed by atoms with van der Waals surface area (Å²) in [5.74, 6) is 0.216. The molecule has 1 aliphatic heterocycles. The zero-order valence-corrected chi connectivity index (χ0v) is 7.64. The van der Waals surface area contributed by atoms with Crippen LogP contribution in [0.25, 0.3) is 0 Å². The molecule has 0 saturated carbocycles. The fourth-order valence-corrected chi connectivity index (χ4v) is 2.01. The summed E-state index contributed by atoms with van der Waals surface area (Å²) in [7, 11) is 0. The van der Waals surface area contributed by atoms with E-state index in [0.29, 0.717) is 5.92 Å². The predicted octanol–water partition coefficient (Wildman–Crippen LogP) is 2.47. The quantitative estimate of drug-likeness (QED) is 0.497. The summed E-state index contributed by atoms with van der Waals surface area (Å²) in [6.07, 6.45) is 5.20. The number of rotatable bonds is 1. The van der Waals surface area contributed by atoms with E-state index in [9.17, 15) is 4.79 Å². The van der Waals surface area contributed by atoms with Crippen LogP contribution in [0.1, 0.15) is 28.4 Å². The molecule has 1 aromatic carbocycles. The van der Waals surface area contributed by atoms with Crippen molar-refractivity contribution < 1.29 is 9.53 Å². The highest BCUT2D eigenvalue weighted by Crippen LogP contribution is 2.40. The van der Waals surface area contributed by atoms with Crippen LogP contribution in [-0.4, -0.2) is 5.97 Å². The smallest absolute Gasteiger partial charge is 0.339 e. The first-order valence-electron chi connectivity index (χ1n) is 4.83. The van der Waals surface area contributed by atoms with Gasteiger partial charge >= 0.3 is 5.97 Å². The predicted molar refractivity (Wildman–Crippen MR) is 51.8 cm³/mol. The molecule has 2 nitrogen and oxygen atoms in total. The highest BCUT2D eigenvalue weighted by atomic mass is 16.5. The van der Waals surface area contributed by atoms with Gasteiger partial charge in [-0.2, -0.15) is 0 Å². The molecule has 0 saturated heterocycles. The molecule has 2 aliphatic rings. The fraction of sp³-hybridized carbons (Fsp3) is 0.250. The Labute approximate surface area is 82.2 Å². The number of allylic oxidation sites excluding steroid dienone is 1. The van der Waals surface area contributed by atoms with E-state index in [4.69, 9.17) is 4.74 Å². The molecule has 2 unspecified atom stereocenters. The van der Waals surface area contributed by atoms with E-state index in [1.807, 2.05) is 24.3 Å². The summed E-state index contributed by atoms with van der Waals surface area (Å²) < 4.78 is 5.35. The summed E-state index contributed by atoms with van der Waals surface area (Å²) in [6.45, 7) is 0. The first kappa shape index (κ1) is 7.80. The summed E-state index contributed by atoms with van der Waals surface area (Å²) in [5.41, 5.74) is 1.78. The Morgan fingerprint density at radius 2 is 2.07 bits per heavy atom. The van der Waals surface area contributed by atoms with Crippen LogP contribution in [0.2, 0.25) is 0 Å². The minimum atomic E-state index is -0.175. The second-order valence-electron chi connectivity index (χ2n) is 3.74. The summed E-state index contributed by atoms with van der Waals surface area (Å²) in [4.78, 5) is 11.5. The van der Waals surface area contributed by atoms with Gasteiger partial charge in [0.1, 0.15) is 6.10 Å². The molecule has 0 N–H and O–H groups in total. The molecule has 3 rings (SSSR count). The Morgan fingerprint density at radius 1 is 1.29 bits per heavy atom. The van der Waals surface area contributed by atoms with E-state index in [2.05, 4.69) is 12.2 Å². The van der Waals surface area contributed by atoms with Crippen LogP contribution in [0.15, 0.2) is 36.4 Å². The van der Waals surface area contributed by atoms with Gasteiger partial charge in [0.15, 0.2) is 0 Å². The third-order valence-corrected chi connectivity index (χ3v) is 2.90. The number of carbonyl (C=O) groups is 1. The van der Waals surface area contributed by atoms with Gasteiger partial charge in [-0.3, -0.25) is 0 Å². The minimum Gasteiger partial charge on any atom is -0.453 e. The van der Waals surface area contributed by atoms with Crippen molar-refractivity contribution >= 4 is 5.97 Å². The monoisotopic (exact) mass is 186 g/mol. The van der Waals surface area contributed by atoms with Crippen LogP contribution < -0.4 is 0 Å². The molecule has 0 spiro atoms. The van der Waals surface area contributed by atoms with Crippen molar-refractivity contribution in [1.82, 2.24) is 0 Å². The van der Waals surface area contributed by atoms with Crippen molar-refractivity contribution in [3.8, 4) is 0 Å². The van der Waals surface area contributed by atoms with Crippen molar-refractivity contribution in [2.24, 2.45) is 5.92 Å². The van der Waals surface area contributed by atoms with Crippen molar-refractivity contribution in [2.45, 2.75) is 12.5 Å². The maximum atomic E-state index is 11.5. The fourth-order valence-electron chi connectivity index (χ4n) is 2.01. The van der Waals surface area contributed by atoms with E-state index in [0.717, 1.165) is 17.5 Å². The van der Waals surface area contributed by atoms with Crippen LogP contribution in [0.4, 0.5) is 0 Å². The van der Waals surface area contributed by atoms with Gasteiger partial charge in [0, 0.05) is 11.5 Å². The summed E-state index contributed by atoms with van der Waals surface area (Å²) in [6, 6.07) is 7.65. The highest BCUT2D eigenvalue weighted by Gasteiger charge is 2.36. The van der Waals surface area contributed by atoms with Crippen LogP contribution in [0.5, 0.6) is 0 Å². The lowest BCUT2D eigenvalue weighted by atomic mass is 9.85. The molecule has 0 fully saturated rings. The van der Waals surface area contributed by atoms with Crippen molar-refractivity contribution in [2.75, 3.05) is 0 Å². The molecule has 1 aromatic rings. The SMILES string of the molecule is O=C1OC(C2C=CC2)c2ccccc21. The number of esters is 1. The maximum absolute atomic E-state index is 11.5. The lowest BCUT2D eigenvalue weighted by Crippen LogP contribution is -2.14. The molecule has 70 valence electrons. The molecule has 2 heteroatoms. The number of ether oxygens (including phenoxy) is 1. The van der Waals surface area contributed by atoms with E-state index in [1.54, 1.807) is 0 Å². The van der Waals surface area contributed by atoms with Gasteiger partial charge in [0.2, 0.25) is 0 Å². The average Bonchev–Trinajstić information content (AvgIpc) is 2.43. The molecular formula is C12H10O2. The van der Waals surface area contributed by atoms with E-state index < -0.39 is 0 Å². The molecule has 1 aliphatic carbocycles. The van der Waals surface area contributed by atoms with E-state index >= 15 is 0 Å². The lowest BCUT2D eigenvalue weighted by Gasteiger charge is -2.23. The van der Waals surface area contributed by atoms with Crippen molar-refractivity contribution in [3.63, 3.8) is 0 Å². The molecule has 0 radical (unpaired) electrons. The number of carbonyl (C=O) groups excluding carboxylic acids is 1. The first-order valence-corrected chi connectivity index (χ1v) is 4.83. The Hall–Kier alpha value is -1.57. The number of cyclic esters (lactones) is 1. The third-order valence-electron chi connectivity index (χ3n) is 2.90. The third kappa shape index (κ3) is 0.939. The van der Waals surface area contributed by atoms with Crippen molar-refractivity contribution in [3.05, 3.63) is 47.5 Å². The van der Waals surface area contributed by atoms with Gasteiger partial charge < -0.3 is 4.74 Å². The number of hydrogen-bond donors (Lipinski definition) is 0. The van der Waals surface area contributed by atoms with Crippen LogP contribution >= 0.6 is 0 Å². The lowest BCUT2D eigenvalue weighted by molar-refractivity contribution is 0.0278. The largest absolute Gasteiger partial charge is 0.453 e. The Kier molecular flexibility index (Phi) is 1.51. The zero-order chi connectivity index (χ0) is 9.54. The second kappa shape index (κ2) is 2.71. The highest BCUT2D eigenvalue weighted by molar-refractivity contribution is 5.94. The molecule has 0 aromatic heterocycles. The summed E-state index contributed by atoms with van der Waals surface area (Å²) >= 11 is 0. The van der Waals surface area contributed by atoms with Gasteiger partial charge in [-0.15, -0.1) is 0 Å².